The van der Waals surface area contributed by atoms with Crippen LogP contribution in [0.2, 0.25) is 0 Å². The van der Waals surface area contributed by atoms with Gasteiger partial charge in [-0.15, -0.1) is 10.2 Å². The van der Waals surface area contributed by atoms with Crippen LogP contribution in [-0.2, 0) is 20.8 Å². The zero-order chi connectivity index (χ0) is 21.5. The first-order chi connectivity index (χ1) is 14.3. The van der Waals surface area contributed by atoms with Crippen LogP contribution < -0.4 is 0 Å². The van der Waals surface area contributed by atoms with Gasteiger partial charge >= 0.3 is 0 Å². The van der Waals surface area contributed by atoms with Crippen molar-refractivity contribution in [3.05, 3.63) is 60.8 Å². The Bertz CT molecular complexity index is 1520. The molecule has 0 fully saturated rings. The summed E-state index contributed by atoms with van der Waals surface area (Å²) < 4.78 is 56.0. The van der Waals surface area contributed by atoms with Gasteiger partial charge in [-0.05, 0) is 30.3 Å². The largest absolute Gasteiger partial charge is 0.504 e. The summed E-state index contributed by atoms with van der Waals surface area (Å²) in [6, 6.07) is 13.4. The van der Waals surface area contributed by atoms with Crippen molar-refractivity contribution in [2.75, 3.05) is 0 Å². The minimum Gasteiger partial charge on any atom is -0.504 e. The standard InChI is InChI=1S/C19H13N3O6S2/c23-19-15(10-17(30(26,27)28)13-6-3-9-20-18(13)19)22-21-14-7-1-5-12-11(14)4-2-8-16(12)29(24)25/h1-10,23,29H,(H,26,27,28). The second-order valence-electron chi connectivity index (χ2n) is 6.22. The molecular weight excluding hydrogens is 430 g/mol. The SMILES string of the molecule is O=[SH](=O)c1cccc2c(N=Nc3cc(S(=O)(=O)O)c4cccnc4c3O)cccc12. The first kappa shape index (κ1) is 19.9. The highest BCUT2D eigenvalue weighted by Crippen LogP contribution is 2.39. The molecule has 0 bridgehead atoms. The summed E-state index contributed by atoms with van der Waals surface area (Å²) >= 11 is 0. The highest BCUT2D eigenvalue weighted by Gasteiger charge is 2.20. The van der Waals surface area contributed by atoms with Crippen LogP contribution in [0.3, 0.4) is 0 Å². The van der Waals surface area contributed by atoms with E-state index in [0.29, 0.717) is 16.5 Å². The Labute approximate surface area is 172 Å². The molecule has 1 aromatic heterocycles. The van der Waals surface area contributed by atoms with Gasteiger partial charge in [0.1, 0.15) is 16.1 Å². The lowest BCUT2D eigenvalue weighted by Gasteiger charge is -2.08. The maximum Gasteiger partial charge on any atom is 0.295 e. The van der Waals surface area contributed by atoms with Gasteiger partial charge in [-0.1, -0.05) is 24.3 Å². The summed E-state index contributed by atoms with van der Waals surface area (Å²) in [6.07, 6.45) is 1.35. The molecule has 0 radical (unpaired) electrons. The summed E-state index contributed by atoms with van der Waals surface area (Å²) in [7, 11) is -7.44. The molecule has 0 aliphatic rings. The van der Waals surface area contributed by atoms with Crippen molar-refractivity contribution in [1.82, 2.24) is 4.98 Å². The van der Waals surface area contributed by atoms with E-state index < -0.39 is 31.5 Å². The fraction of sp³-hybridized carbons (Fsp3) is 0. The molecule has 9 nitrogen and oxygen atoms in total. The van der Waals surface area contributed by atoms with E-state index in [1.54, 1.807) is 30.3 Å². The molecule has 11 heteroatoms. The summed E-state index contributed by atoms with van der Waals surface area (Å²) in [5.74, 6) is -0.412. The van der Waals surface area contributed by atoms with Crippen molar-refractivity contribution in [2.24, 2.45) is 10.2 Å². The molecule has 0 saturated carbocycles. The molecule has 152 valence electrons. The van der Waals surface area contributed by atoms with Crippen molar-refractivity contribution in [1.29, 1.82) is 0 Å². The fourth-order valence-electron chi connectivity index (χ4n) is 3.11. The van der Waals surface area contributed by atoms with Crippen molar-refractivity contribution in [3.63, 3.8) is 0 Å². The second-order valence-corrected chi connectivity index (χ2v) is 8.61. The van der Waals surface area contributed by atoms with Gasteiger partial charge in [0.2, 0.25) is 0 Å². The maximum atomic E-state index is 11.8. The Morgan fingerprint density at radius 1 is 0.867 bits per heavy atom. The summed E-state index contributed by atoms with van der Waals surface area (Å²) in [4.78, 5) is 3.62. The third kappa shape index (κ3) is 3.49. The molecule has 0 aliphatic heterocycles. The highest BCUT2D eigenvalue weighted by atomic mass is 32.2. The maximum absolute atomic E-state index is 11.8. The van der Waals surface area contributed by atoms with E-state index in [9.17, 15) is 26.5 Å². The molecule has 0 amide bonds. The number of nitrogens with zero attached hydrogens (tertiary/aromatic N) is 3. The van der Waals surface area contributed by atoms with Gasteiger partial charge in [-0.25, -0.2) is 8.42 Å². The number of pyridine rings is 1. The van der Waals surface area contributed by atoms with Gasteiger partial charge in [-0.2, -0.15) is 8.42 Å². The number of aromatic nitrogens is 1. The Balaban J connectivity index is 1.92. The number of rotatable bonds is 4. The minimum atomic E-state index is -4.62. The van der Waals surface area contributed by atoms with Crippen molar-refractivity contribution in [3.8, 4) is 5.75 Å². The number of hydrogen-bond donors (Lipinski definition) is 3. The molecule has 0 unspecified atom stereocenters. The van der Waals surface area contributed by atoms with Crippen LogP contribution in [0.15, 0.2) is 80.8 Å². The van der Waals surface area contributed by atoms with Gasteiger partial charge in [0.25, 0.3) is 10.1 Å². The van der Waals surface area contributed by atoms with Gasteiger partial charge in [-0.3, -0.25) is 9.54 Å². The fourth-order valence-corrected chi connectivity index (χ4v) is 4.41. The molecule has 0 aliphatic carbocycles. The number of phenolic OH excluding ortho intramolecular Hbond substituents is 1. The first-order valence-electron chi connectivity index (χ1n) is 8.43. The summed E-state index contributed by atoms with van der Waals surface area (Å²) in [5.41, 5.74) is 0.0159. The Morgan fingerprint density at radius 2 is 1.53 bits per heavy atom. The lowest BCUT2D eigenvalue weighted by atomic mass is 10.1. The van der Waals surface area contributed by atoms with E-state index in [4.69, 9.17) is 0 Å². The smallest absolute Gasteiger partial charge is 0.295 e. The van der Waals surface area contributed by atoms with Crippen LogP contribution in [-0.4, -0.2) is 31.5 Å². The second kappa shape index (κ2) is 7.44. The van der Waals surface area contributed by atoms with E-state index >= 15 is 0 Å². The van der Waals surface area contributed by atoms with Crippen LogP contribution in [0.25, 0.3) is 21.7 Å². The Kier molecular flexibility index (Phi) is 4.94. The van der Waals surface area contributed by atoms with E-state index in [2.05, 4.69) is 15.2 Å². The topological polar surface area (TPSA) is 146 Å². The van der Waals surface area contributed by atoms with E-state index in [1.165, 1.54) is 24.4 Å². The summed E-state index contributed by atoms with van der Waals surface area (Å²) in [5, 5.41) is 19.5. The lowest BCUT2D eigenvalue weighted by Crippen LogP contribution is -1.99. The first-order valence-corrected chi connectivity index (χ1v) is 11.0. The minimum absolute atomic E-state index is 0.0329. The quantitative estimate of drug-likeness (QED) is 0.247. The zero-order valence-electron chi connectivity index (χ0n) is 15.0. The molecule has 0 saturated heterocycles. The molecule has 4 aromatic rings. The van der Waals surface area contributed by atoms with Gasteiger partial charge < -0.3 is 5.11 Å². The van der Waals surface area contributed by atoms with Crippen LogP contribution in [0, 0.1) is 0 Å². The van der Waals surface area contributed by atoms with Crippen molar-refractivity contribution in [2.45, 2.75) is 9.79 Å². The number of phenols is 1. The average molecular weight is 443 g/mol. The van der Waals surface area contributed by atoms with Gasteiger partial charge in [0, 0.05) is 22.4 Å². The molecule has 1 heterocycles. The van der Waals surface area contributed by atoms with Crippen molar-refractivity contribution >= 4 is 53.9 Å². The predicted molar refractivity (Wildman–Crippen MR) is 110 cm³/mol. The van der Waals surface area contributed by atoms with Crippen LogP contribution in [0.5, 0.6) is 5.75 Å². The molecule has 3 aromatic carbocycles. The van der Waals surface area contributed by atoms with Crippen LogP contribution in [0.4, 0.5) is 11.4 Å². The third-order valence-corrected chi connectivity index (χ3v) is 6.10. The average Bonchev–Trinajstić information content (AvgIpc) is 2.72. The van der Waals surface area contributed by atoms with Crippen LogP contribution in [0.1, 0.15) is 0 Å². The number of hydrogen-bond acceptors (Lipinski definition) is 8. The Morgan fingerprint density at radius 3 is 2.27 bits per heavy atom. The third-order valence-electron chi connectivity index (χ3n) is 4.42. The van der Waals surface area contributed by atoms with Gasteiger partial charge in [0.05, 0.1) is 10.6 Å². The predicted octanol–water partition coefficient (Wildman–Crippen LogP) is 3.73. The highest BCUT2D eigenvalue weighted by molar-refractivity contribution is 7.86. The monoisotopic (exact) mass is 443 g/mol. The van der Waals surface area contributed by atoms with Crippen molar-refractivity contribution < 1.29 is 26.5 Å². The molecule has 4 rings (SSSR count). The summed E-state index contributed by atoms with van der Waals surface area (Å²) in [6.45, 7) is 0. The molecule has 0 spiro atoms. The number of azo groups is 1. The molecule has 2 N–H and O–H groups in total. The van der Waals surface area contributed by atoms with E-state index in [1.807, 2.05) is 0 Å². The number of aromatic hydroxyl groups is 1. The molecule has 30 heavy (non-hydrogen) atoms. The van der Waals surface area contributed by atoms with E-state index in [0.717, 1.165) is 6.07 Å². The number of benzene rings is 3. The normalized spacial score (nSPS) is 12.3. The molecular formula is C19H13N3O6S2. The zero-order valence-corrected chi connectivity index (χ0v) is 16.7. The van der Waals surface area contributed by atoms with Crippen LogP contribution >= 0.6 is 0 Å². The van der Waals surface area contributed by atoms with Gasteiger partial charge in [0.15, 0.2) is 16.5 Å². The van der Waals surface area contributed by atoms with E-state index in [-0.39, 0.29) is 21.5 Å². The molecule has 0 atom stereocenters. The number of fused-ring (bicyclic) bond motifs is 2. The lowest BCUT2D eigenvalue weighted by molar-refractivity contribution is 0.479. The Hall–Kier alpha value is -3.41. The number of thiol groups is 1.